The van der Waals surface area contributed by atoms with E-state index in [1.54, 1.807) is 11.1 Å². The number of carbonyl (C=O) groups excluding carboxylic acids is 2. The number of carbonyl (C=O) groups is 2. The fourth-order valence-electron chi connectivity index (χ4n) is 3.58. The average Bonchev–Trinajstić information content (AvgIpc) is 3.32. The minimum absolute atomic E-state index is 0.0209. The molecule has 2 amide bonds. The van der Waals surface area contributed by atoms with Gasteiger partial charge in [0.25, 0.3) is 0 Å². The zero-order chi connectivity index (χ0) is 17.2. The van der Waals surface area contributed by atoms with E-state index in [1.165, 1.54) is 11.3 Å². The smallest absolute Gasteiger partial charge is 0.248 e. The highest BCUT2D eigenvalue weighted by molar-refractivity contribution is 7.13. The zero-order valence-corrected chi connectivity index (χ0v) is 14.5. The van der Waals surface area contributed by atoms with E-state index in [9.17, 15) is 9.59 Å². The third kappa shape index (κ3) is 3.11. The Balaban J connectivity index is 1.52. The number of fused-ring (bicyclic) bond motifs is 1. The van der Waals surface area contributed by atoms with Crippen LogP contribution < -0.4 is 10.1 Å². The maximum absolute atomic E-state index is 13.2. The van der Waals surface area contributed by atoms with Gasteiger partial charge >= 0.3 is 0 Å². The first-order chi connectivity index (χ1) is 12.2. The van der Waals surface area contributed by atoms with E-state index in [4.69, 9.17) is 4.74 Å². The topological polar surface area (TPSA) is 71.5 Å². The lowest BCUT2D eigenvalue weighted by Crippen LogP contribution is -2.45. The molecule has 0 spiro atoms. The number of aromatic nitrogens is 1. The van der Waals surface area contributed by atoms with Gasteiger partial charge in [-0.1, -0.05) is 18.2 Å². The number of anilines is 1. The van der Waals surface area contributed by atoms with Crippen LogP contribution in [0.5, 0.6) is 5.75 Å². The van der Waals surface area contributed by atoms with E-state index in [-0.39, 0.29) is 17.7 Å². The molecule has 1 N–H and O–H groups in total. The van der Waals surface area contributed by atoms with Crippen LogP contribution in [0, 0.1) is 0 Å². The van der Waals surface area contributed by atoms with E-state index in [2.05, 4.69) is 10.3 Å². The molecule has 2 aromatic rings. The monoisotopic (exact) mass is 357 g/mol. The zero-order valence-electron chi connectivity index (χ0n) is 13.7. The van der Waals surface area contributed by atoms with E-state index in [0.717, 1.165) is 17.7 Å². The van der Waals surface area contributed by atoms with Crippen molar-refractivity contribution in [3.05, 3.63) is 41.4 Å². The van der Waals surface area contributed by atoms with Gasteiger partial charge in [-0.2, -0.15) is 0 Å². The summed E-state index contributed by atoms with van der Waals surface area (Å²) in [7, 11) is 0. The van der Waals surface area contributed by atoms with Crippen LogP contribution >= 0.6 is 11.3 Å². The van der Waals surface area contributed by atoms with Crippen molar-refractivity contribution >= 4 is 28.3 Å². The molecule has 3 heterocycles. The molecular weight excluding hydrogens is 338 g/mol. The number of amides is 2. The van der Waals surface area contributed by atoms with Gasteiger partial charge < -0.3 is 15.0 Å². The number of likely N-dealkylation sites (tertiary alicyclic amines) is 1. The van der Waals surface area contributed by atoms with Crippen LogP contribution in [-0.4, -0.2) is 40.9 Å². The number of hydrogen-bond donors (Lipinski definition) is 1. The number of hydrogen-bond acceptors (Lipinski definition) is 5. The fraction of sp³-hybridized carbons (Fsp3) is 0.389. The van der Waals surface area contributed by atoms with Gasteiger partial charge in [-0.25, -0.2) is 4.98 Å². The summed E-state index contributed by atoms with van der Waals surface area (Å²) in [5.74, 6) is 0.405. The second-order valence-corrected chi connectivity index (χ2v) is 7.14. The van der Waals surface area contributed by atoms with Crippen molar-refractivity contribution in [2.75, 3.05) is 18.5 Å². The summed E-state index contributed by atoms with van der Waals surface area (Å²) in [5.41, 5.74) is 0.921. The quantitative estimate of drug-likeness (QED) is 0.917. The third-order valence-electron chi connectivity index (χ3n) is 4.76. The largest absolute Gasteiger partial charge is 0.493 e. The Morgan fingerprint density at radius 3 is 3.00 bits per heavy atom. The second-order valence-electron chi connectivity index (χ2n) is 6.24. The number of para-hydroxylation sites is 1. The number of rotatable bonds is 3. The van der Waals surface area contributed by atoms with Crippen LogP contribution in [0.15, 0.2) is 35.8 Å². The van der Waals surface area contributed by atoms with Crippen LogP contribution in [-0.2, 0) is 9.59 Å². The Kier molecular flexibility index (Phi) is 4.40. The molecule has 6 nitrogen and oxygen atoms in total. The van der Waals surface area contributed by atoms with Crippen molar-refractivity contribution in [3.8, 4) is 5.75 Å². The molecule has 7 heteroatoms. The first-order valence-corrected chi connectivity index (χ1v) is 9.34. The maximum atomic E-state index is 13.2. The standard InChI is InChI=1S/C18H19N3O3S/c22-16(20-18-19-8-11-25-18)14-5-3-9-21(14)17(23)13-7-10-24-15-6-2-1-4-12(13)15/h1-2,4,6,8,11,13-14H,3,5,7,9-10H2,(H,19,20,22). The first-order valence-electron chi connectivity index (χ1n) is 8.46. The molecule has 1 aromatic carbocycles. The predicted octanol–water partition coefficient (Wildman–Crippen LogP) is 2.64. The molecule has 2 unspecified atom stereocenters. The lowest BCUT2D eigenvalue weighted by molar-refractivity contribution is -0.138. The molecule has 0 radical (unpaired) electrons. The second kappa shape index (κ2) is 6.84. The number of benzene rings is 1. The number of thiazole rings is 1. The Morgan fingerprint density at radius 2 is 2.16 bits per heavy atom. The number of ether oxygens (including phenoxy) is 1. The molecule has 2 aliphatic rings. The van der Waals surface area contributed by atoms with Gasteiger partial charge in [0.2, 0.25) is 11.8 Å². The summed E-state index contributed by atoms with van der Waals surface area (Å²) >= 11 is 1.38. The Morgan fingerprint density at radius 1 is 1.28 bits per heavy atom. The van der Waals surface area contributed by atoms with Crippen LogP contribution in [0.25, 0.3) is 0 Å². The third-order valence-corrected chi connectivity index (χ3v) is 5.45. The van der Waals surface area contributed by atoms with Crippen LogP contribution in [0.4, 0.5) is 5.13 Å². The Labute approximate surface area is 149 Å². The molecular formula is C18H19N3O3S. The minimum Gasteiger partial charge on any atom is -0.493 e. The molecule has 2 aliphatic heterocycles. The fourth-order valence-corrected chi connectivity index (χ4v) is 4.11. The predicted molar refractivity (Wildman–Crippen MR) is 94.8 cm³/mol. The molecule has 0 saturated carbocycles. The summed E-state index contributed by atoms with van der Waals surface area (Å²) in [6.45, 7) is 1.14. The molecule has 2 atom stereocenters. The van der Waals surface area contributed by atoms with Crippen molar-refractivity contribution in [1.29, 1.82) is 0 Å². The first kappa shape index (κ1) is 16.1. The molecule has 25 heavy (non-hydrogen) atoms. The summed E-state index contributed by atoms with van der Waals surface area (Å²) in [6.07, 6.45) is 3.82. The Bertz CT molecular complexity index is 778. The summed E-state index contributed by atoms with van der Waals surface area (Å²) in [4.78, 5) is 31.6. The SMILES string of the molecule is O=C(Nc1nccs1)C1CCCN1C(=O)C1CCOc2ccccc21. The van der Waals surface area contributed by atoms with E-state index in [1.807, 2.05) is 29.6 Å². The van der Waals surface area contributed by atoms with E-state index in [0.29, 0.717) is 31.1 Å². The van der Waals surface area contributed by atoms with E-state index >= 15 is 0 Å². The highest BCUT2D eigenvalue weighted by atomic mass is 32.1. The van der Waals surface area contributed by atoms with E-state index < -0.39 is 6.04 Å². The summed E-state index contributed by atoms with van der Waals surface area (Å²) < 4.78 is 5.65. The van der Waals surface area contributed by atoms with Crippen molar-refractivity contribution in [1.82, 2.24) is 9.88 Å². The molecule has 0 aliphatic carbocycles. The van der Waals surface area contributed by atoms with Gasteiger partial charge in [-0.15, -0.1) is 11.3 Å². The summed E-state index contributed by atoms with van der Waals surface area (Å²) in [6, 6.07) is 7.24. The molecule has 1 aromatic heterocycles. The van der Waals surface area contributed by atoms with Gasteiger partial charge in [-0.3, -0.25) is 9.59 Å². The van der Waals surface area contributed by atoms with Gasteiger partial charge in [-0.05, 0) is 25.3 Å². The molecule has 1 fully saturated rings. The van der Waals surface area contributed by atoms with Gasteiger partial charge in [0.05, 0.1) is 12.5 Å². The molecule has 0 bridgehead atoms. The lowest BCUT2D eigenvalue weighted by Gasteiger charge is -2.31. The molecule has 1 saturated heterocycles. The van der Waals surface area contributed by atoms with Crippen molar-refractivity contribution < 1.29 is 14.3 Å². The number of nitrogens with one attached hydrogen (secondary N) is 1. The van der Waals surface area contributed by atoms with Gasteiger partial charge in [0.15, 0.2) is 5.13 Å². The van der Waals surface area contributed by atoms with Crippen molar-refractivity contribution in [3.63, 3.8) is 0 Å². The lowest BCUT2D eigenvalue weighted by atomic mass is 9.91. The highest BCUT2D eigenvalue weighted by Crippen LogP contribution is 2.36. The minimum atomic E-state index is -0.425. The maximum Gasteiger partial charge on any atom is 0.248 e. The number of nitrogens with zero attached hydrogens (tertiary/aromatic N) is 2. The van der Waals surface area contributed by atoms with Gasteiger partial charge in [0.1, 0.15) is 11.8 Å². The van der Waals surface area contributed by atoms with Crippen molar-refractivity contribution in [2.45, 2.75) is 31.2 Å². The van der Waals surface area contributed by atoms with Gasteiger partial charge in [0, 0.05) is 23.7 Å². The van der Waals surface area contributed by atoms with Crippen LogP contribution in [0.3, 0.4) is 0 Å². The highest BCUT2D eigenvalue weighted by Gasteiger charge is 2.39. The Hall–Kier alpha value is -2.41. The van der Waals surface area contributed by atoms with Crippen molar-refractivity contribution in [2.24, 2.45) is 0 Å². The normalized spacial score (nSPS) is 22.2. The molecule has 130 valence electrons. The average molecular weight is 357 g/mol. The molecule has 4 rings (SSSR count). The summed E-state index contributed by atoms with van der Waals surface area (Å²) in [5, 5.41) is 5.20. The van der Waals surface area contributed by atoms with Crippen LogP contribution in [0.2, 0.25) is 0 Å². The van der Waals surface area contributed by atoms with Crippen LogP contribution in [0.1, 0.15) is 30.7 Å².